The molecule has 184 valence electrons. The minimum Gasteiger partial charge on any atom is -0.444 e. The summed E-state index contributed by atoms with van der Waals surface area (Å²) in [7, 11) is 0. The molecule has 2 heterocycles. The fourth-order valence-electron chi connectivity index (χ4n) is 3.01. The van der Waals surface area contributed by atoms with E-state index in [1.54, 1.807) is 25.7 Å². The molecule has 0 fully saturated rings. The summed E-state index contributed by atoms with van der Waals surface area (Å²) in [4.78, 5) is 26.6. The van der Waals surface area contributed by atoms with Crippen LogP contribution in [0.3, 0.4) is 0 Å². The van der Waals surface area contributed by atoms with E-state index in [0.29, 0.717) is 5.69 Å². The van der Waals surface area contributed by atoms with E-state index in [1.165, 1.54) is 18.2 Å². The number of hydrogen-bond acceptors (Lipinski definition) is 9. The van der Waals surface area contributed by atoms with Crippen LogP contribution >= 0.6 is 15.9 Å². The summed E-state index contributed by atoms with van der Waals surface area (Å²) < 4.78 is 30.1. The second kappa shape index (κ2) is 9.57. The Balaban J connectivity index is 1.82. The van der Waals surface area contributed by atoms with Crippen LogP contribution in [0.4, 0.5) is 15.0 Å². The highest BCUT2D eigenvalue weighted by Gasteiger charge is 2.31. The molecule has 0 atom stereocenters. The van der Waals surface area contributed by atoms with Crippen molar-refractivity contribution in [2.45, 2.75) is 52.7 Å². The van der Waals surface area contributed by atoms with Crippen LogP contribution in [0.1, 0.15) is 41.5 Å². The molecule has 0 unspecified atom stereocenters. The first-order chi connectivity index (χ1) is 15.8. The number of rotatable bonds is 6. The monoisotopic (exact) mass is 540 g/mol. The van der Waals surface area contributed by atoms with Crippen LogP contribution in [0.25, 0.3) is 17.2 Å². The zero-order chi connectivity index (χ0) is 25.3. The number of ether oxygens (including phenoxy) is 1. The Morgan fingerprint density at radius 2 is 1.91 bits per heavy atom. The molecule has 0 saturated heterocycles. The maximum Gasteiger partial charge on any atom is 0.446 e. The van der Waals surface area contributed by atoms with Crippen LogP contribution in [0.5, 0.6) is 0 Å². The van der Waals surface area contributed by atoms with Crippen molar-refractivity contribution in [2.75, 3.05) is 18.4 Å². The maximum atomic E-state index is 13.7. The van der Waals surface area contributed by atoms with Crippen LogP contribution in [0.15, 0.2) is 36.6 Å². The lowest BCUT2D eigenvalue weighted by Crippen LogP contribution is -2.49. The smallest absolute Gasteiger partial charge is 0.444 e. The summed E-state index contributed by atoms with van der Waals surface area (Å²) in [6, 6.07) is 3.99. The number of anilines is 1. The average molecular weight is 541 g/mol. The van der Waals surface area contributed by atoms with Gasteiger partial charge < -0.3 is 15.0 Å². The number of nitrogens with one attached hydrogen (secondary N) is 1. The zero-order valence-electron chi connectivity index (χ0n) is 19.7. The number of amides is 1. The highest BCUT2D eigenvalue weighted by molar-refractivity contribution is 9.10. The first-order valence-electron chi connectivity index (χ1n) is 10.4. The Labute approximate surface area is 203 Å². The predicted molar refractivity (Wildman–Crippen MR) is 124 cm³/mol. The third kappa shape index (κ3) is 5.82. The van der Waals surface area contributed by atoms with E-state index in [0.717, 1.165) is 4.57 Å². The molecule has 1 amide bonds. The molecule has 3 aromatic rings. The summed E-state index contributed by atoms with van der Waals surface area (Å²) in [5.74, 6) is -1.10. The number of aromatic nitrogens is 4. The van der Waals surface area contributed by atoms with Gasteiger partial charge >= 0.3 is 11.8 Å². The standard InChI is InChI=1S/C21H26BrFN6O5/c1-20(2,3)28(18(30)32-21(4,5)6)10-9-24-16-15(25-34-26-16)17-27-33-19(31)29(17)12-7-8-14(23)13(22)11-12/h7-8,11H,9-10H2,1-6H3,(H,24,26). The van der Waals surface area contributed by atoms with Crippen LogP contribution in [0, 0.1) is 5.82 Å². The Morgan fingerprint density at radius 3 is 2.53 bits per heavy atom. The lowest BCUT2D eigenvalue weighted by atomic mass is 10.1. The van der Waals surface area contributed by atoms with Gasteiger partial charge in [0.2, 0.25) is 11.6 Å². The molecule has 0 aliphatic heterocycles. The third-order valence-electron chi connectivity index (χ3n) is 4.52. The lowest BCUT2D eigenvalue weighted by Gasteiger charge is -2.36. The lowest BCUT2D eigenvalue weighted by molar-refractivity contribution is 0.00748. The quantitative estimate of drug-likeness (QED) is 0.488. The molecule has 1 N–H and O–H groups in total. The van der Waals surface area contributed by atoms with Crippen molar-refractivity contribution in [1.29, 1.82) is 0 Å². The van der Waals surface area contributed by atoms with Crippen molar-refractivity contribution < 1.29 is 23.1 Å². The van der Waals surface area contributed by atoms with Gasteiger partial charge in [0.25, 0.3) is 0 Å². The second-order valence-electron chi connectivity index (χ2n) is 9.40. The van der Waals surface area contributed by atoms with Crippen molar-refractivity contribution in [3.05, 3.63) is 39.0 Å². The van der Waals surface area contributed by atoms with Gasteiger partial charge in [-0.1, -0.05) is 5.16 Å². The molecule has 13 heteroatoms. The Kier molecular flexibility index (Phi) is 7.15. The first kappa shape index (κ1) is 25.4. The Hall–Kier alpha value is -3.22. The molecule has 0 aliphatic carbocycles. The van der Waals surface area contributed by atoms with E-state index in [1.807, 2.05) is 20.8 Å². The molecule has 0 saturated carbocycles. The van der Waals surface area contributed by atoms with E-state index in [-0.39, 0.29) is 34.9 Å². The van der Waals surface area contributed by atoms with Crippen LogP contribution in [-0.4, -0.2) is 55.3 Å². The molecule has 34 heavy (non-hydrogen) atoms. The van der Waals surface area contributed by atoms with Gasteiger partial charge in [-0.05, 0) is 86.0 Å². The van der Waals surface area contributed by atoms with Gasteiger partial charge in [0.1, 0.15) is 11.4 Å². The number of carbonyl (C=O) groups is 1. The second-order valence-corrected chi connectivity index (χ2v) is 10.3. The summed E-state index contributed by atoms with van der Waals surface area (Å²) >= 11 is 3.09. The van der Waals surface area contributed by atoms with E-state index in [9.17, 15) is 14.0 Å². The van der Waals surface area contributed by atoms with Crippen molar-refractivity contribution in [2.24, 2.45) is 0 Å². The molecular formula is C21H26BrFN6O5. The van der Waals surface area contributed by atoms with Gasteiger partial charge in [0, 0.05) is 18.6 Å². The van der Waals surface area contributed by atoms with Crippen LogP contribution in [0.2, 0.25) is 0 Å². The summed E-state index contributed by atoms with van der Waals surface area (Å²) in [6.07, 6.45) is -0.451. The molecule has 0 aliphatic rings. The minimum atomic E-state index is -0.800. The Bertz CT molecular complexity index is 1220. The molecule has 0 spiro atoms. The molecule has 1 aromatic carbocycles. The summed E-state index contributed by atoms with van der Waals surface area (Å²) in [5, 5.41) is 14.5. The fourth-order valence-corrected chi connectivity index (χ4v) is 3.37. The van der Waals surface area contributed by atoms with E-state index in [4.69, 9.17) is 13.9 Å². The molecule has 2 aromatic heterocycles. The van der Waals surface area contributed by atoms with Crippen LogP contribution in [-0.2, 0) is 4.74 Å². The highest BCUT2D eigenvalue weighted by Crippen LogP contribution is 2.26. The fraction of sp³-hybridized carbons (Fsp3) is 0.476. The number of benzene rings is 1. The molecule has 11 nitrogen and oxygen atoms in total. The summed E-state index contributed by atoms with van der Waals surface area (Å²) in [5.41, 5.74) is -0.737. The van der Waals surface area contributed by atoms with Gasteiger partial charge in [-0.15, -0.1) is 0 Å². The normalized spacial score (nSPS) is 12.0. The average Bonchev–Trinajstić information content (AvgIpc) is 3.31. The maximum absolute atomic E-state index is 13.7. The number of hydrogen-bond donors (Lipinski definition) is 1. The molecule has 0 bridgehead atoms. The minimum absolute atomic E-state index is 0.00655. The van der Waals surface area contributed by atoms with E-state index in [2.05, 4.69) is 36.7 Å². The number of nitrogens with zero attached hydrogens (tertiary/aromatic N) is 5. The zero-order valence-corrected chi connectivity index (χ0v) is 21.3. The molecular weight excluding hydrogens is 515 g/mol. The van der Waals surface area contributed by atoms with Crippen molar-refractivity contribution in [3.63, 3.8) is 0 Å². The van der Waals surface area contributed by atoms with Crippen molar-refractivity contribution >= 4 is 27.8 Å². The number of carbonyl (C=O) groups excluding carboxylic acids is 1. The van der Waals surface area contributed by atoms with Gasteiger partial charge in [-0.3, -0.25) is 4.52 Å². The SMILES string of the molecule is CC(C)(C)OC(=O)N(CCNc1nonc1-c1noc(=O)n1-c1ccc(F)c(Br)c1)C(C)(C)C. The highest BCUT2D eigenvalue weighted by atomic mass is 79.9. The number of halogens is 2. The Morgan fingerprint density at radius 1 is 1.21 bits per heavy atom. The van der Waals surface area contributed by atoms with Gasteiger partial charge in [-0.2, -0.15) is 0 Å². The van der Waals surface area contributed by atoms with Crippen molar-refractivity contribution in [1.82, 2.24) is 24.9 Å². The topological polar surface area (TPSA) is 129 Å². The largest absolute Gasteiger partial charge is 0.446 e. The third-order valence-corrected chi connectivity index (χ3v) is 5.13. The predicted octanol–water partition coefficient (Wildman–Crippen LogP) is 4.22. The summed E-state index contributed by atoms with van der Waals surface area (Å²) in [6.45, 7) is 11.6. The van der Waals surface area contributed by atoms with Gasteiger partial charge in [0.05, 0.1) is 10.2 Å². The van der Waals surface area contributed by atoms with E-state index >= 15 is 0 Å². The van der Waals surface area contributed by atoms with Crippen molar-refractivity contribution in [3.8, 4) is 17.2 Å². The van der Waals surface area contributed by atoms with Crippen LogP contribution < -0.4 is 11.1 Å². The van der Waals surface area contributed by atoms with Gasteiger partial charge in [-0.25, -0.2) is 23.2 Å². The molecule has 3 rings (SSSR count). The first-order valence-corrected chi connectivity index (χ1v) is 11.2. The van der Waals surface area contributed by atoms with E-state index < -0.39 is 28.8 Å². The van der Waals surface area contributed by atoms with Gasteiger partial charge in [0.15, 0.2) is 5.69 Å². The molecule has 0 radical (unpaired) electrons.